The summed E-state index contributed by atoms with van der Waals surface area (Å²) in [6.07, 6.45) is 2.06. The Kier molecular flexibility index (Phi) is 7.96. The van der Waals surface area contributed by atoms with E-state index in [1.807, 2.05) is 61.5 Å². The summed E-state index contributed by atoms with van der Waals surface area (Å²) < 4.78 is 5.53. The summed E-state index contributed by atoms with van der Waals surface area (Å²) in [5.41, 5.74) is 4.74. The molecule has 3 nitrogen and oxygen atoms in total. The quantitative estimate of drug-likeness (QED) is 0.381. The van der Waals surface area contributed by atoms with E-state index in [0.29, 0.717) is 12.1 Å². The van der Waals surface area contributed by atoms with Gasteiger partial charge in [0.1, 0.15) is 5.75 Å². The van der Waals surface area contributed by atoms with Gasteiger partial charge in [-0.1, -0.05) is 68.1 Å². The fourth-order valence-electron chi connectivity index (χ4n) is 3.35. The summed E-state index contributed by atoms with van der Waals surface area (Å²) in [7, 11) is 1.68. The van der Waals surface area contributed by atoms with Crippen molar-refractivity contribution < 1.29 is 9.53 Å². The minimum Gasteiger partial charge on any atom is -0.496 e. The Morgan fingerprint density at radius 3 is 2.42 bits per heavy atom. The van der Waals surface area contributed by atoms with Gasteiger partial charge in [-0.15, -0.1) is 0 Å². The summed E-state index contributed by atoms with van der Waals surface area (Å²) in [5.74, 6) is 0.792. The number of benzene rings is 3. The van der Waals surface area contributed by atoms with Gasteiger partial charge in [-0.3, -0.25) is 4.79 Å². The maximum atomic E-state index is 12.4. The predicted octanol–water partition coefficient (Wildman–Crippen LogP) is 6.75. The van der Waals surface area contributed by atoms with Gasteiger partial charge in [-0.25, -0.2) is 0 Å². The van der Waals surface area contributed by atoms with Crippen molar-refractivity contribution in [1.82, 2.24) is 5.32 Å². The Morgan fingerprint density at radius 1 is 1.00 bits per heavy atom. The van der Waals surface area contributed by atoms with Crippen LogP contribution in [-0.2, 0) is 0 Å². The third-order valence-electron chi connectivity index (χ3n) is 5.12. The van der Waals surface area contributed by atoms with E-state index in [4.69, 9.17) is 4.74 Å². The van der Waals surface area contributed by atoms with Crippen molar-refractivity contribution in [3.05, 3.63) is 95.6 Å². The van der Waals surface area contributed by atoms with Crippen LogP contribution in [0.15, 0.2) is 83.1 Å². The Balaban J connectivity index is 1.84. The van der Waals surface area contributed by atoms with Gasteiger partial charge < -0.3 is 10.1 Å². The van der Waals surface area contributed by atoms with Crippen LogP contribution < -0.4 is 10.1 Å². The molecule has 0 bridgehead atoms. The van der Waals surface area contributed by atoms with Gasteiger partial charge in [0, 0.05) is 27.5 Å². The minimum atomic E-state index is -0.0157. The monoisotopic (exact) mass is 431 g/mol. The van der Waals surface area contributed by atoms with Crippen LogP contribution in [0.25, 0.3) is 5.57 Å². The van der Waals surface area contributed by atoms with Crippen molar-refractivity contribution in [1.29, 1.82) is 0 Å². The molecule has 0 spiro atoms. The molecule has 4 heteroatoms. The maximum Gasteiger partial charge on any atom is 0.251 e. The number of unbranched alkanes of at least 4 members (excludes halogenated alkanes) is 1. The Bertz CT molecular complexity index is 1070. The van der Waals surface area contributed by atoms with Crippen LogP contribution >= 0.6 is 11.8 Å². The summed E-state index contributed by atoms with van der Waals surface area (Å²) in [6.45, 7) is 9.22. The first-order valence-corrected chi connectivity index (χ1v) is 11.3. The first-order valence-electron chi connectivity index (χ1n) is 10.5. The van der Waals surface area contributed by atoms with E-state index in [0.717, 1.165) is 50.6 Å². The van der Waals surface area contributed by atoms with Crippen molar-refractivity contribution >= 4 is 23.2 Å². The molecule has 0 aliphatic rings. The molecule has 31 heavy (non-hydrogen) atoms. The van der Waals surface area contributed by atoms with Crippen LogP contribution in [-0.4, -0.2) is 19.6 Å². The second-order valence-electron chi connectivity index (χ2n) is 7.37. The van der Waals surface area contributed by atoms with Crippen LogP contribution in [0.4, 0.5) is 0 Å². The highest BCUT2D eigenvalue weighted by atomic mass is 32.2. The number of amides is 1. The maximum absolute atomic E-state index is 12.4. The van der Waals surface area contributed by atoms with Gasteiger partial charge in [0.15, 0.2) is 0 Å². The highest BCUT2D eigenvalue weighted by molar-refractivity contribution is 7.99. The summed E-state index contributed by atoms with van der Waals surface area (Å²) in [5, 5.41) is 2.98. The van der Waals surface area contributed by atoms with Gasteiger partial charge in [0.25, 0.3) is 5.91 Å². The van der Waals surface area contributed by atoms with E-state index in [1.165, 1.54) is 0 Å². The van der Waals surface area contributed by atoms with Crippen molar-refractivity contribution in [3.8, 4) is 5.75 Å². The molecular weight excluding hydrogens is 402 g/mol. The van der Waals surface area contributed by atoms with E-state index < -0.39 is 0 Å². The number of methoxy groups -OCH3 is 1. The number of carbonyl (C=O) groups is 1. The molecule has 0 aliphatic heterocycles. The second-order valence-corrected chi connectivity index (χ2v) is 8.45. The molecule has 160 valence electrons. The van der Waals surface area contributed by atoms with Gasteiger partial charge >= 0.3 is 0 Å². The normalized spacial score (nSPS) is 10.5. The zero-order valence-electron chi connectivity index (χ0n) is 18.4. The minimum absolute atomic E-state index is 0.0157. The molecule has 0 saturated carbocycles. The van der Waals surface area contributed by atoms with E-state index in [2.05, 4.69) is 31.0 Å². The molecule has 3 aromatic rings. The highest BCUT2D eigenvalue weighted by Gasteiger charge is 2.14. The van der Waals surface area contributed by atoms with Crippen LogP contribution in [0, 0.1) is 6.92 Å². The zero-order valence-corrected chi connectivity index (χ0v) is 19.2. The summed E-state index contributed by atoms with van der Waals surface area (Å²) in [6, 6.07) is 22.1. The average Bonchev–Trinajstić information content (AvgIpc) is 2.80. The average molecular weight is 432 g/mol. The van der Waals surface area contributed by atoms with Crippen molar-refractivity contribution in [2.24, 2.45) is 0 Å². The molecule has 0 aliphatic carbocycles. The Labute approximate surface area is 189 Å². The third kappa shape index (κ3) is 5.59. The molecular formula is C27H29NO2S. The zero-order chi connectivity index (χ0) is 22.2. The Morgan fingerprint density at radius 2 is 1.71 bits per heavy atom. The molecule has 3 aromatic carbocycles. The number of rotatable bonds is 9. The summed E-state index contributed by atoms with van der Waals surface area (Å²) >= 11 is 1.69. The van der Waals surface area contributed by atoms with Gasteiger partial charge in [0.2, 0.25) is 0 Å². The SMILES string of the molecule is C=C(c1ccccc1OC)c1ccccc1Sc1ccc(C(=O)NCCCC)cc1C. The highest BCUT2D eigenvalue weighted by Crippen LogP contribution is 2.38. The fourth-order valence-corrected chi connectivity index (χ4v) is 4.39. The Hall–Kier alpha value is -2.98. The smallest absolute Gasteiger partial charge is 0.251 e. The van der Waals surface area contributed by atoms with Crippen molar-refractivity contribution in [2.75, 3.05) is 13.7 Å². The standard InChI is InChI=1S/C27H29NO2S/c1-5-6-17-28-27(29)21-15-16-25(19(2)18-21)31-26-14-10-8-12-23(26)20(3)22-11-7-9-13-24(22)30-4/h7-16,18H,3,5-6,17H2,1-2,4H3,(H,28,29). The number of ether oxygens (including phenoxy) is 1. The number of para-hydroxylation sites is 1. The van der Waals surface area contributed by atoms with Crippen LogP contribution in [0.1, 0.15) is 46.8 Å². The lowest BCUT2D eigenvalue weighted by Crippen LogP contribution is -2.24. The number of nitrogens with one attached hydrogen (secondary N) is 1. The molecule has 0 unspecified atom stereocenters. The third-order valence-corrected chi connectivity index (χ3v) is 6.37. The first kappa shape index (κ1) is 22.7. The van der Waals surface area contributed by atoms with E-state index >= 15 is 0 Å². The van der Waals surface area contributed by atoms with Crippen LogP contribution in [0.3, 0.4) is 0 Å². The largest absolute Gasteiger partial charge is 0.496 e. The molecule has 1 N–H and O–H groups in total. The number of aryl methyl sites for hydroxylation is 1. The number of carbonyl (C=O) groups excluding carboxylic acids is 1. The molecule has 1 amide bonds. The lowest BCUT2D eigenvalue weighted by molar-refractivity contribution is 0.0953. The van der Waals surface area contributed by atoms with E-state index in [9.17, 15) is 4.79 Å². The summed E-state index contributed by atoms with van der Waals surface area (Å²) in [4.78, 5) is 14.6. The second kappa shape index (κ2) is 10.9. The predicted molar refractivity (Wildman–Crippen MR) is 130 cm³/mol. The van der Waals surface area contributed by atoms with Gasteiger partial charge in [0.05, 0.1) is 7.11 Å². The van der Waals surface area contributed by atoms with Crippen molar-refractivity contribution in [2.45, 2.75) is 36.5 Å². The number of hydrogen-bond donors (Lipinski definition) is 1. The number of hydrogen-bond acceptors (Lipinski definition) is 3. The molecule has 0 radical (unpaired) electrons. The topological polar surface area (TPSA) is 38.3 Å². The van der Waals surface area contributed by atoms with Crippen LogP contribution in [0.2, 0.25) is 0 Å². The lowest BCUT2D eigenvalue weighted by atomic mass is 9.99. The van der Waals surface area contributed by atoms with E-state index in [1.54, 1.807) is 18.9 Å². The molecule has 0 atom stereocenters. The molecule has 0 aromatic heterocycles. The van der Waals surface area contributed by atoms with Crippen LogP contribution in [0.5, 0.6) is 5.75 Å². The molecule has 0 fully saturated rings. The van der Waals surface area contributed by atoms with E-state index in [-0.39, 0.29) is 5.91 Å². The molecule has 0 heterocycles. The molecule has 0 saturated heterocycles. The van der Waals surface area contributed by atoms with Gasteiger partial charge in [-0.2, -0.15) is 0 Å². The lowest BCUT2D eigenvalue weighted by Gasteiger charge is -2.15. The first-order chi connectivity index (χ1) is 15.0. The molecule has 3 rings (SSSR count). The van der Waals surface area contributed by atoms with Crippen molar-refractivity contribution in [3.63, 3.8) is 0 Å². The van der Waals surface area contributed by atoms with Gasteiger partial charge in [-0.05, 0) is 60.4 Å². The fraction of sp³-hybridized carbons (Fsp3) is 0.222.